The van der Waals surface area contributed by atoms with E-state index in [0.29, 0.717) is 12.1 Å². The molecule has 0 aliphatic carbocycles. The Hall–Kier alpha value is -0.340. The predicted octanol–water partition coefficient (Wildman–Crippen LogP) is 1.99. The summed E-state index contributed by atoms with van der Waals surface area (Å²) in [4.78, 5) is 0. The average molecular weight is 195 g/mol. The lowest BCUT2D eigenvalue weighted by molar-refractivity contribution is 0.0268. The van der Waals surface area contributed by atoms with Gasteiger partial charge in [-0.15, -0.1) is 0 Å². The lowest BCUT2D eigenvalue weighted by atomic mass is 9.80. The Morgan fingerprint density at radius 2 is 1.64 bits per heavy atom. The zero-order valence-electron chi connectivity index (χ0n) is 9.43. The first-order valence-corrected chi connectivity index (χ1v) is 5.64. The van der Waals surface area contributed by atoms with Crippen molar-refractivity contribution in [3.8, 4) is 0 Å². The van der Waals surface area contributed by atoms with E-state index in [1.54, 1.807) is 0 Å². The quantitative estimate of drug-likeness (QED) is 0.627. The van der Waals surface area contributed by atoms with Crippen LogP contribution in [0.1, 0.15) is 46.5 Å². The van der Waals surface area contributed by atoms with Crippen molar-refractivity contribution >= 4 is 0 Å². The van der Waals surface area contributed by atoms with Crippen LogP contribution < -0.4 is 5.32 Å². The SMILES string of the molecule is CC(C)=C(C)C1(O)CC2CCC(C1)N2. The summed E-state index contributed by atoms with van der Waals surface area (Å²) in [7, 11) is 0. The predicted molar refractivity (Wildman–Crippen MR) is 58.2 cm³/mol. The summed E-state index contributed by atoms with van der Waals surface area (Å²) < 4.78 is 0. The monoisotopic (exact) mass is 195 g/mol. The van der Waals surface area contributed by atoms with Crippen LogP contribution in [0.2, 0.25) is 0 Å². The van der Waals surface area contributed by atoms with Crippen LogP contribution in [0.5, 0.6) is 0 Å². The maximum Gasteiger partial charge on any atom is 0.0886 e. The Kier molecular flexibility index (Phi) is 2.44. The largest absolute Gasteiger partial charge is 0.385 e. The molecule has 2 rings (SSSR count). The maximum atomic E-state index is 10.6. The Balaban J connectivity index is 2.21. The zero-order chi connectivity index (χ0) is 10.3. The van der Waals surface area contributed by atoms with Crippen LogP contribution in [-0.4, -0.2) is 22.8 Å². The van der Waals surface area contributed by atoms with Crippen molar-refractivity contribution in [2.75, 3.05) is 0 Å². The molecule has 2 N–H and O–H groups in total. The molecule has 2 fully saturated rings. The molecule has 80 valence electrons. The summed E-state index contributed by atoms with van der Waals surface area (Å²) >= 11 is 0. The number of aliphatic hydroxyl groups is 1. The van der Waals surface area contributed by atoms with E-state index in [-0.39, 0.29) is 0 Å². The van der Waals surface area contributed by atoms with Gasteiger partial charge in [0, 0.05) is 12.1 Å². The smallest absolute Gasteiger partial charge is 0.0886 e. The normalized spacial score (nSPS) is 41.1. The van der Waals surface area contributed by atoms with Crippen molar-refractivity contribution in [3.05, 3.63) is 11.1 Å². The lowest BCUT2D eigenvalue weighted by Gasteiger charge is -2.38. The van der Waals surface area contributed by atoms with Gasteiger partial charge in [0.05, 0.1) is 5.60 Å². The van der Waals surface area contributed by atoms with Crippen LogP contribution in [0.4, 0.5) is 0 Å². The van der Waals surface area contributed by atoms with Crippen LogP contribution in [0.25, 0.3) is 0 Å². The fraction of sp³-hybridized carbons (Fsp3) is 0.833. The molecular weight excluding hydrogens is 174 g/mol. The number of allylic oxidation sites excluding steroid dienone is 1. The first-order chi connectivity index (χ1) is 6.51. The number of nitrogens with one attached hydrogen (secondary N) is 1. The number of fused-ring (bicyclic) bond motifs is 2. The minimum Gasteiger partial charge on any atom is -0.385 e. The van der Waals surface area contributed by atoms with E-state index in [4.69, 9.17) is 0 Å². The minimum atomic E-state index is -0.518. The standard InChI is InChI=1S/C12H21NO/c1-8(2)9(3)12(14)6-10-4-5-11(7-12)13-10/h10-11,13-14H,4-7H2,1-3H3. The zero-order valence-corrected chi connectivity index (χ0v) is 9.43. The summed E-state index contributed by atoms with van der Waals surface area (Å²) in [5.41, 5.74) is 1.94. The summed E-state index contributed by atoms with van der Waals surface area (Å²) in [5.74, 6) is 0. The van der Waals surface area contributed by atoms with Crippen molar-refractivity contribution in [1.29, 1.82) is 0 Å². The van der Waals surface area contributed by atoms with E-state index in [0.717, 1.165) is 12.8 Å². The molecule has 2 unspecified atom stereocenters. The first kappa shape index (κ1) is 10.2. The third kappa shape index (κ3) is 1.61. The highest BCUT2D eigenvalue weighted by atomic mass is 16.3. The van der Waals surface area contributed by atoms with Gasteiger partial charge in [-0.1, -0.05) is 5.57 Å². The van der Waals surface area contributed by atoms with Crippen molar-refractivity contribution < 1.29 is 5.11 Å². The summed E-state index contributed by atoms with van der Waals surface area (Å²) in [6, 6.07) is 1.10. The Morgan fingerprint density at radius 3 is 2.07 bits per heavy atom. The fourth-order valence-electron chi connectivity index (χ4n) is 2.89. The van der Waals surface area contributed by atoms with Gasteiger partial charge in [-0.2, -0.15) is 0 Å². The van der Waals surface area contributed by atoms with Crippen molar-refractivity contribution in [3.63, 3.8) is 0 Å². The van der Waals surface area contributed by atoms with Gasteiger partial charge in [0.1, 0.15) is 0 Å². The molecule has 14 heavy (non-hydrogen) atoms. The van der Waals surface area contributed by atoms with Gasteiger partial charge in [-0.3, -0.25) is 0 Å². The molecule has 0 spiro atoms. The highest BCUT2D eigenvalue weighted by Gasteiger charge is 2.43. The van der Waals surface area contributed by atoms with Gasteiger partial charge < -0.3 is 10.4 Å². The van der Waals surface area contributed by atoms with Crippen LogP contribution >= 0.6 is 0 Å². The first-order valence-electron chi connectivity index (χ1n) is 5.64. The van der Waals surface area contributed by atoms with Crippen LogP contribution in [-0.2, 0) is 0 Å². The molecule has 0 amide bonds. The second kappa shape index (κ2) is 3.35. The fourth-order valence-corrected chi connectivity index (χ4v) is 2.89. The molecule has 0 radical (unpaired) electrons. The molecule has 2 heterocycles. The molecular formula is C12H21NO. The molecule has 2 aliphatic rings. The number of piperidine rings is 1. The summed E-state index contributed by atoms with van der Waals surface area (Å²) in [5, 5.41) is 14.1. The summed E-state index contributed by atoms with van der Waals surface area (Å²) in [6.07, 6.45) is 4.28. The van der Waals surface area contributed by atoms with Gasteiger partial charge in [0.25, 0.3) is 0 Å². The second-order valence-corrected chi connectivity index (χ2v) is 5.20. The minimum absolute atomic E-state index is 0.518. The van der Waals surface area contributed by atoms with Gasteiger partial charge in [-0.05, 0) is 52.0 Å². The van der Waals surface area contributed by atoms with E-state index in [1.165, 1.54) is 24.0 Å². The molecule has 2 nitrogen and oxygen atoms in total. The van der Waals surface area contributed by atoms with Crippen molar-refractivity contribution in [2.45, 2.75) is 64.1 Å². The van der Waals surface area contributed by atoms with E-state index in [2.05, 4.69) is 26.1 Å². The molecule has 2 aliphatic heterocycles. The molecule has 0 aromatic rings. The molecule has 0 aromatic carbocycles. The lowest BCUT2D eigenvalue weighted by Crippen LogP contribution is -2.49. The average Bonchev–Trinajstić information content (AvgIpc) is 2.44. The molecule has 2 bridgehead atoms. The number of hydrogen-bond acceptors (Lipinski definition) is 2. The van der Waals surface area contributed by atoms with Crippen LogP contribution in [0, 0.1) is 0 Å². The third-order valence-corrected chi connectivity index (χ3v) is 3.95. The number of rotatable bonds is 1. The maximum absolute atomic E-state index is 10.6. The molecule has 2 atom stereocenters. The molecule has 0 saturated carbocycles. The topological polar surface area (TPSA) is 32.3 Å². The summed E-state index contributed by atoms with van der Waals surface area (Å²) in [6.45, 7) is 6.27. The van der Waals surface area contributed by atoms with Crippen molar-refractivity contribution in [2.24, 2.45) is 0 Å². The van der Waals surface area contributed by atoms with Gasteiger partial charge in [0.2, 0.25) is 0 Å². The third-order valence-electron chi connectivity index (χ3n) is 3.95. The number of hydrogen-bond donors (Lipinski definition) is 2. The molecule has 2 heteroatoms. The molecule has 0 aromatic heterocycles. The highest BCUT2D eigenvalue weighted by Crippen LogP contribution is 2.39. The Bertz CT molecular complexity index is 253. The van der Waals surface area contributed by atoms with E-state index >= 15 is 0 Å². The van der Waals surface area contributed by atoms with Gasteiger partial charge >= 0.3 is 0 Å². The van der Waals surface area contributed by atoms with Gasteiger partial charge in [0.15, 0.2) is 0 Å². The molecule has 2 saturated heterocycles. The van der Waals surface area contributed by atoms with Crippen LogP contribution in [0.3, 0.4) is 0 Å². The highest BCUT2D eigenvalue weighted by molar-refractivity contribution is 5.23. The van der Waals surface area contributed by atoms with E-state index < -0.39 is 5.60 Å². The Labute approximate surface area is 86.4 Å². The van der Waals surface area contributed by atoms with E-state index in [9.17, 15) is 5.11 Å². The second-order valence-electron chi connectivity index (χ2n) is 5.20. The van der Waals surface area contributed by atoms with Crippen molar-refractivity contribution in [1.82, 2.24) is 5.32 Å². The van der Waals surface area contributed by atoms with Crippen LogP contribution in [0.15, 0.2) is 11.1 Å². The van der Waals surface area contributed by atoms with Gasteiger partial charge in [-0.25, -0.2) is 0 Å². The van der Waals surface area contributed by atoms with E-state index in [1.807, 2.05) is 0 Å². The Morgan fingerprint density at radius 1 is 1.14 bits per heavy atom.